The number of carbonyl (C=O) groups excluding carboxylic acids is 1. The monoisotopic (exact) mass is 381 g/mol. The Morgan fingerprint density at radius 3 is 2.36 bits per heavy atom. The number of hydrogen-bond donors (Lipinski definition) is 0. The number of ether oxygens (including phenoxy) is 3. The van der Waals surface area contributed by atoms with Crippen molar-refractivity contribution in [1.29, 1.82) is 0 Å². The molecular formula is C23H27NO4. The van der Waals surface area contributed by atoms with Crippen molar-refractivity contribution in [1.82, 2.24) is 4.90 Å². The first-order valence-corrected chi connectivity index (χ1v) is 9.47. The zero-order chi connectivity index (χ0) is 19.8. The first-order valence-electron chi connectivity index (χ1n) is 9.47. The van der Waals surface area contributed by atoms with Crippen LogP contribution in [-0.4, -0.2) is 43.2 Å². The smallest absolute Gasteiger partial charge is 0.220 e. The van der Waals surface area contributed by atoms with E-state index in [1.54, 1.807) is 14.0 Å². The Kier molecular flexibility index (Phi) is 7.23. The van der Waals surface area contributed by atoms with Crippen LogP contribution in [0.15, 0.2) is 66.7 Å². The summed E-state index contributed by atoms with van der Waals surface area (Å²) in [6, 6.07) is 18.1. The highest BCUT2D eigenvalue weighted by Crippen LogP contribution is 2.30. The van der Waals surface area contributed by atoms with Gasteiger partial charge in [0.1, 0.15) is 5.75 Å². The average Bonchev–Trinajstić information content (AvgIpc) is 3.42. The van der Waals surface area contributed by atoms with Crippen molar-refractivity contribution in [3.8, 4) is 5.75 Å². The average molecular weight is 381 g/mol. The van der Waals surface area contributed by atoms with E-state index in [0.717, 1.165) is 16.9 Å². The summed E-state index contributed by atoms with van der Waals surface area (Å²) in [6.45, 7) is 3.74. The van der Waals surface area contributed by atoms with Gasteiger partial charge in [0.05, 0.1) is 45.6 Å². The van der Waals surface area contributed by atoms with Gasteiger partial charge in [0.25, 0.3) is 0 Å². The Labute approximate surface area is 166 Å². The normalized spacial score (nSPS) is 18.4. The molecule has 0 bridgehead atoms. The van der Waals surface area contributed by atoms with E-state index in [0.29, 0.717) is 26.4 Å². The quantitative estimate of drug-likeness (QED) is 0.359. The predicted molar refractivity (Wildman–Crippen MR) is 108 cm³/mol. The van der Waals surface area contributed by atoms with Crippen molar-refractivity contribution < 1.29 is 19.0 Å². The minimum Gasteiger partial charge on any atom is -0.497 e. The lowest BCUT2D eigenvalue weighted by Crippen LogP contribution is -2.12. The van der Waals surface area contributed by atoms with Crippen LogP contribution in [0.2, 0.25) is 0 Å². The zero-order valence-corrected chi connectivity index (χ0v) is 16.4. The molecule has 0 N–H and O–H groups in total. The lowest BCUT2D eigenvalue weighted by Gasteiger charge is -2.03. The van der Waals surface area contributed by atoms with Crippen molar-refractivity contribution in [3.05, 3.63) is 77.9 Å². The van der Waals surface area contributed by atoms with Crippen LogP contribution in [0.4, 0.5) is 0 Å². The summed E-state index contributed by atoms with van der Waals surface area (Å²) in [5.41, 5.74) is 2.23. The summed E-state index contributed by atoms with van der Waals surface area (Å²) in [5.74, 6) is 0.907. The van der Waals surface area contributed by atoms with Crippen molar-refractivity contribution in [2.24, 2.45) is 0 Å². The molecule has 148 valence electrons. The molecule has 3 rings (SSSR count). The van der Waals surface area contributed by atoms with Gasteiger partial charge in [-0.15, -0.1) is 0 Å². The number of amides is 1. The van der Waals surface area contributed by atoms with E-state index in [2.05, 4.69) is 0 Å². The van der Waals surface area contributed by atoms with Crippen molar-refractivity contribution >= 4 is 5.91 Å². The molecule has 1 aliphatic heterocycles. The minimum absolute atomic E-state index is 0.0714. The molecule has 0 radical (unpaired) electrons. The Hall–Kier alpha value is -2.63. The van der Waals surface area contributed by atoms with Gasteiger partial charge < -0.3 is 19.1 Å². The number of hydrogen-bond acceptors (Lipinski definition) is 4. The molecular weight excluding hydrogens is 354 g/mol. The Balaban J connectivity index is 1.38. The van der Waals surface area contributed by atoms with Gasteiger partial charge >= 0.3 is 0 Å². The molecule has 5 heteroatoms. The third-order valence-electron chi connectivity index (χ3n) is 4.72. The molecule has 0 spiro atoms. The highest BCUT2D eigenvalue weighted by atomic mass is 16.5. The van der Waals surface area contributed by atoms with Crippen LogP contribution in [0.5, 0.6) is 5.75 Å². The summed E-state index contributed by atoms with van der Waals surface area (Å²) in [4.78, 5) is 13.6. The summed E-state index contributed by atoms with van der Waals surface area (Å²) >= 11 is 0. The van der Waals surface area contributed by atoms with Crippen LogP contribution in [0.25, 0.3) is 0 Å². The molecule has 0 aromatic heterocycles. The molecule has 2 aromatic rings. The summed E-state index contributed by atoms with van der Waals surface area (Å²) in [5, 5.41) is 0. The SMILES string of the molecule is COc1ccc(COC/C=C/[C@H]2[C@@H](COCc3ccccc3)N2C(C)=O)cc1. The molecule has 2 atom stereocenters. The second-order valence-corrected chi connectivity index (χ2v) is 6.78. The molecule has 0 saturated carbocycles. The molecule has 1 aliphatic rings. The van der Waals surface area contributed by atoms with Gasteiger partial charge in [0.2, 0.25) is 5.91 Å². The highest BCUT2D eigenvalue weighted by molar-refractivity contribution is 5.77. The lowest BCUT2D eigenvalue weighted by atomic mass is 10.2. The van der Waals surface area contributed by atoms with Gasteiger partial charge in [0.15, 0.2) is 0 Å². The fourth-order valence-electron chi connectivity index (χ4n) is 3.18. The van der Waals surface area contributed by atoms with E-state index < -0.39 is 0 Å². The summed E-state index contributed by atoms with van der Waals surface area (Å²) < 4.78 is 16.6. The molecule has 5 nitrogen and oxygen atoms in total. The van der Waals surface area contributed by atoms with Crippen molar-refractivity contribution in [2.45, 2.75) is 32.2 Å². The third-order valence-corrected chi connectivity index (χ3v) is 4.72. The molecule has 1 saturated heterocycles. The van der Waals surface area contributed by atoms with Crippen LogP contribution in [0.1, 0.15) is 18.1 Å². The molecule has 0 unspecified atom stereocenters. The van der Waals surface area contributed by atoms with Gasteiger partial charge in [0, 0.05) is 6.92 Å². The first kappa shape index (κ1) is 20.1. The lowest BCUT2D eigenvalue weighted by molar-refractivity contribution is -0.124. The topological polar surface area (TPSA) is 47.8 Å². The molecule has 1 fully saturated rings. The standard InChI is InChI=1S/C23H27NO4/c1-18(25)24-22(23(24)17-28-16-19-7-4-3-5-8-19)9-6-14-27-15-20-10-12-21(26-2)13-11-20/h3-13,22-23H,14-17H2,1-2H3/b9-6+/t22-,23+,24?/m0/s1. The number of benzene rings is 2. The van der Waals surface area contributed by atoms with E-state index in [1.807, 2.05) is 71.6 Å². The number of methoxy groups -OCH3 is 1. The second-order valence-electron chi connectivity index (χ2n) is 6.78. The predicted octanol–water partition coefficient (Wildman–Crippen LogP) is 3.58. The number of rotatable bonds is 10. The van der Waals surface area contributed by atoms with Crippen LogP contribution >= 0.6 is 0 Å². The largest absolute Gasteiger partial charge is 0.497 e. The molecule has 1 heterocycles. The molecule has 1 amide bonds. The van der Waals surface area contributed by atoms with E-state index in [9.17, 15) is 4.79 Å². The maximum atomic E-state index is 11.8. The van der Waals surface area contributed by atoms with Gasteiger partial charge in [-0.3, -0.25) is 4.79 Å². The van der Waals surface area contributed by atoms with E-state index in [4.69, 9.17) is 14.2 Å². The fourth-order valence-corrected chi connectivity index (χ4v) is 3.18. The molecule has 0 aliphatic carbocycles. The first-order chi connectivity index (χ1) is 13.7. The van der Waals surface area contributed by atoms with Crippen molar-refractivity contribution in [3.63, 3.8) is 0 Å². The highest BCUT2D eigenvalue weighted by Gasteiger charge is 2.47. The van der Waals surface area contributed by atoms with Gasteiger partial charge in [-0.2, -0.15) is 0 Å². The van der Waals surface area contributed by atoms with Gasteiger partial charge in [-0.1, -0.05) is 54.6 Å². The Morgan fingerprint density at radius 1 is 1.00 bits per heavy atom. The maximum Gasteiger partial charge on any atom is 0.220 e. The minimum atomic E-state index is 0.0714. The fraction of sp³-hybridized carbons (Fsp3) is 0.348. The van der Waals surface area contributed by atoms with Crippen LogP contribution < -0.4 is 4.74 Å². The molecule has 28 heavy (non-hydrogen) atoms. The van der Waals surface area contributed by atoms with E-state index >= 15 is 0 Å². The van der Waals surface area contributed by atoms with Gasteiger partial charge in [-0.05, 0) is 23.3 Å². The van der Waals surface area contributed by atoms with Crippen molar-refractivity contribution in [2.75, 3.05) is 20.3 Å². The summed E-state index contributed by atoms with van der Waals surface area (Å²) in [6.07, 6.45) is 4.01. The zero-order valence-electron chi connectivity index (χ0n) is 16.4. The molecule has 2 aromatic carbocycles. The van der Waals surface area contributed by atoms with Crippen LogP contribution in [0, 0.1) is 0 Å². The van der Waals surface area contributed by atoms with E-state index in [1.165, 1.54) is 0 Å². The second kappa shape index (κ2) is 10.1. The van der Waals surface area contributed by atoms with Crippen LogP contribution in [-0.2, 0) is 27.5 Å². The number of nitrogens with zero attached hydrogens (tertiary/aromatic N) is 1. The Morgan fingerprint density at radius 2 is 1.68 bits per heavy atom. The van der Waals surface area contributed by atoms with Gasteiger partial charge in [-0.25, -0.2) is 0 Å². The van der Waals surface area contributed by atoms with Crippen LogP contribution in [0.3, 0.4) is 0 Å². The maximum absolute atomic E-state index is 11.8. The third kappa shape index (κ3) is 5.68. The number of carbonyl (C=O) groups is 1. The summed E-state index contributed by atoms with van der Waals surface area (Å²) in [7, 11) is 1.65. The van der Waals surface area contributed by atoms with E-state index in [-0.39, 0.29) is 18.0 Å². The Bertz CT molecular complexity index is 773.